The van der Waals surface area contributed by atoms with Gasteiger partial charge in [0.25, 0.3) is 0 Å². The zero-order valence-electron chi connectivity index (χ0n) is 16.5. The third-order valence-corrected chi connectivity index (χ3v) is 4.39. The van der Waals surface area contributed by atoms with Crippen molar-refractivity contribution < 1.29 is 18.7 Å². The van der Waals surface area contributed by atoms with Crippen LogP contribution in [0.25, 0.3) is 0 Å². The third-order valence-electron chi connectivity index (χ3n) is 4.39. The van der Waals surface area contributed by atoms with Gasteiger partial charge in [0.05, 0.1) is 0 Å². The Balaban J connectivity index is 1.71. The summed E-state index contributed by atoms with van der Waals surface area (Å²) in [7, 11) is 0. The van der Waals surface area contributed by atoms with Crippen LogP contribution >= 0.6 is 0 Å². The monoisotopic (exact) mass is 387 g/mol. The number of unbranched alkanes of at least 4 members (excludes halogenated alkanes) is 1. The number of para-hydroxylation sites is 1. The van der Waals surface area contributed by atoms with Crippen LogP contribution in [-0.2, 0) is 6.61 Å². The predicted octanol–water partition coefficient (Wildman–Crippen LogP) is 4.02. The lowest BCUT2D eigenvalue weighted by Gasteiger charge is -2.15. The molecule has 7 heteroatoms. The Kier molecular flexibility index (Phi) is 8.91. The molecule has 7 nitrogen and oxygen atoms in total. The molecule has 0 spiro atoms. The highest BCUT2D eigenvalue weighted by molar-refractivity contribution is 5.92. The lowest BCUT2D eigenvalue weighted by atomic mass is 9.99. The second-order valence-electron chi connectivity index (χ2n) is 6.57. The number of hydrogen-bond donors (Lipinski definition) is 3. The van der Waals surface area contributed by atoms with Crippen molar-refractivity contribution in [1.82, 2.24) is 16.2 Å². The number of carbonyl (C=O) groups excluding carboxylic acids is 2. The van der Waals surface area contributed by atoms with Crippen molar-refractivity contribution in [2.75, 3.05) is 6.54 Å². The minimum Gasteiger partial charge on any atom is -0.486 e. The zero-order valence-corrected chi connectivity index (χ0v) is 16.5. The topological polar surface area (TPSA) is 92.6 Å². The summed E-state index contributed by atoms with van der Waals surface area (Å²) in [5, 5.41) is 2.78. The van der Waals surface area contributed by atoms with E-state index in [1.165, 1.54) is 6.07 Å². The van der Waals surface area contributed by atoms with Crippen LogP contribution in [0.3, 0.4) is 0 Å². The fraction of sp³-hybridized carbons (Fsp3) is 0.429. The molecule has 0 aliphatic rings. The van der Waals surface area contributed by atoms with Crippen molar-refractivity contribution in [3.8, 4) is 5.75 Å². The van der Waals surface area contributed by atoms with Gasteiger partial charge in [-0.2, -0.15) is 0 Å². The Morgan fingerprint density at radius 2 is 1.86 bits per heavy atom. The molecule has 28 heavy (non-hydrogen) atoms. The van der Waals surface area contributed by atoms with E-state index in [2.05, 4.69) is 30.0 Å². The fourth-order valence-electron chi connectivity index (χ4n) is 2.65. The molecule has 0 saturated heterocycles. The van der Waals surface area contributed by atoms with E-state index >= 15 is 0 Å². The van der Waals surface area contributed by atoms with Gasteiger partial charge in [-0.1, -0.05) is 51.3 Å². The molecule has 2 rings (SSSR count). The molecule has 3 amide bonds. The molecule has 1 aromatic carbocycles. The van der Waals surface area contributed by atoms with Gasteiger partial charge in [-0.15, -0.1) is 0 Å². The van der Waals surface area contributed by atoms with Crippen molar-refractivity contribution in [3.05, 3.63) is 54.0 Å². The van der Waals surface area contributed by atoms with Crippen molar-refractivity contribution in [2.45, 2.75) is 46.1 Å². The number of hydrazine groups is 1. The van der Waals surface area contributed by atoms with Crippen molar-refractivity contribution in [3.63, 3.8) is 0 Å². The molecule has 0 fully saturated rings. The average Bonchev–Trinajstić information content (AvgIpc) is 3.20. The highest BCUT2D eigenvalue weighted by Gasteiger charge is 2.13. The minimum absolute atomic E-state index is 0.0985. The van der Waals surface area contributed by atoms with Crippen LogP contribution in [-0.4, -0.2) is 18.5 Å². The van der Waals surface area contributed by atoms with Crippen LogP contribution in [0.1, 0.15) is 55.8 Å². The lowest BCUT2D eigenvalue weighted by molar-refractivity contribution is 0.0904. The van der Waals surface area contributed by atoms with Crippen LogP contribution in [0, 0.1) is 5.92 Å². The van der Waals surface area contributed by atoms with E-state index in [4.69, 9.17) is 9.15 Å². The first-order valence-electron chi connectivity index (χ1n) is 9.73. The molecule has 152 valence electrons. The molecule has 1 atom stereocenters. The van der Waals surface area contributed by atoms with Crippen LogP contribution in [0.4, 0.5) is 4.79 Å². The van der Waals surface area contributed by atoms with Gasteiger partial charge in [-0.3, -0.25) is 10.2 Å². The average molecular weight is 387 g/mol. The summed E-state index contributed by atoms with van der Waals surface area (Å²) < 4.78 is 11.0. The van der Waals surface area contributed by atoms with Gasteiger partial charge < -0.3 is 14.5 Å². The van der Waals surface area contributed by atoms with Gasteiger partial charge >= 0.3 is 11.9 Å². The number of rotatable bonds is 10. The van der Waals surface area contributed by atoms with E-state index in [-0.39, 0.29) is 12.4 Å². The van der Waals surface area contributed by atoms with E-state index in [1.54, 1.807) is 6.07 Å². The second kappa shape index (κ2) is 11.7. The molecule has 0 aliphatic heterocycles. The van der Waals surface area contributed by atoms with E-state index in [9.17, 15) is 9.59 Å². The molecular formula is C21H29N3O4. The lowest BCUT2D eigenvalue weighted by Crippen LogP contribution is -2.47. The van der Waals surface area contributed by atoms with E-state index < -0.39 is 11.9 Å². The summed E-state index contributed by atoms with van der Waals surface area (Å²) >= 11 is 0. The Bertz CT molecular complexity index is 730. The van der Waals surface area contributed by atoms with Gasteiger partial charge in [0.2, 0.25) is 0 Å². The molecular weight excluding hydrogens is 358 g/mol. The summed E-state index contributed by atoms with van der Waals surface area (Å²) in [6.45, 7) is 5.05. The Hall–Kier alpha value is -2.96. The Labute approximate surface area is 165 Å². The maximum atomic E-state index is 12.1. The first-order chi connectivity index (χ1) is 13.6. The van der Waals surface area contributed by atoms with Crippen LogP contribution in [0.2, 0.25) is 0 Å². The number of nitrogens with one attached hydrogen (secondary N) is 3. The Morgan fingerprint density at radius 1 is 1.07 bits per heavy atom. The summed E-state index contributed by atoms with van der Waals surface area (Å²) in [6, 6.07) is 12.1. The summed E-state index contributed by atoms with van der Waals surface area (Å²) in [5.41, 5.74) is 4.68. The molecule has 1 heterocycles. The molecule has 0 aliphatic carbocycles. The predicted molar refractivity (Wildman–Crippen MR) is 107 cm³/mol. The van der Waals surface area contributed by atoms with Gasteiger partial charge in [0.1, 0.15) is 18.1 Å². The number of urea groups is 1. The second-order valence-corrected chi connectivity index (χ2v) is 6.57. The largest absolute Gasteiger partial charge is 0.486 e. The van der Waals surface area contributed by atoms with E-state index in [0.29, 0.717) is 24.0 Å². The molecule has 0 unspecified atom stereocenters. The number of benzene rings is 1. The molecule has 0 bridgehead atoms. The van der Waals surface area contributed by atoms with E-state index in [0.717, 1.165) is 25.7 Å². The molecule has 3 N–H and O–H groups in total. The van der Waals surface area contributed by atoms with Crippen LogP contribution in [0.15, 0.2) is 46.9 Å². The summed E-state index contributed by atoms with van der Waals surface area (Å²) in [5.74, 6) is 1.24. The van der Waals surface area contributed by atoms with Crippen molar-refractivity contribution in [2.24, 2.45) is 5.92 Å². The Morgan fingerprint density at radius 3 is 2.57 bits per heavy atom. The fourth-order valence-corrected chi connectivity index (χ4v) is 2.65. The standard InChI is InChI=1S/C21H29N3O4/c1-3-5-9-16(4-2)14-22-21(26)24-23-20(25)19-13-12-18(28-19)15-27-17-10-7-6-8-11-17/h6-8,10-13,16H,3-5,9,14-15H2,1-2H3,(H,23,25)(H2,22,24,26)/t16-/m1/s1. The molecule has 2 aromatic rings. The highest BCUT2D eigenvalue weighted by atomic mass is 16.5. The van der Waals surface area contributed by atoms with E-state index in [1.807, 2.05) is 30.3 Å². The summed E-state index contributed by atoms with van der Waals surface area (Å²) in [6.07, 6.45) is 4.38. The van der Waals surface area contributed by atoms with Gasteiger partial charge in [0.15, 0.2) is 5.76 Å². The van der Waals surface area contributed by atoms with Crippen LogP contribution in [0.5, 0.6) is 5.75 Å². The highest BCUT2D eigenvalue weighted by Crippen LogP contribution is 2.14. The molecule has 0 radical (unpaired) electrons. The van der Waals surface area contributed by atoms with Gasteiger partial charge in [-0.05, 0) is 36.6 Å². The first-order valence-corrected chi connectivity index (χ1v) is 9.73. The number of amides is 3. The SMILES string of the molecule is CCCC[C@@H](CC)CNC(=O)NNC(=O)c1ccc(COc2ccccc2)o1. The number of furan rings is 1. The van der Waals surface area contributed by atoms with Crippen molar-refractivity contribution in [1.29, 1.82) is 0 Å². The number of hydrogen-bond acceptors (Lipinski definition) is 4. The van der Waals surface area contributed by atoms with Gasteiger partial charge in [0, 0.05) is 6.54 Å². The van der Waals surface area contributed by atoms with Crippen LogP contribution < -0.4 is 20.9 Å². The number of ether oxygens (including phenoxy) is 1. The quantitative estimate of drug-likeness (QED) is 0.537. The zero-order chi connectivity index (χ0) is 20.2. The van der Waals surface area contributed by atoms with Crippen molar-refractivity contribution >= 4 is 11.9 Å². The number of carbonyl (C=O) groups is 2. The maximum absolute atomic E-state index is 12.1. The summed E-state index contributed by atoms with van der Waals surface area (Å²) in [4.78, 5) is 23.9. The minimum atomic E-state index is -0.529. The molecule has 0 saturated carbocycles. The molecule has 1 aromatic heterocycles. The first kappa shape index (κ1) is 21.3. The van der Waals surface area contributed by atoms with Gasteiger partial charge in [-0.25, -0.2) is 10.2 Å². The third kappa shape index (κ3) is 7.34. The smallest absolute Gasteiger partial charge is 0.333 e. The normalized spacial score (nSPS) is 11.5. The maximum Gasteiger partial charge on any atom is 0.333 e.